The monoisotopic (exact) mass is 340 g/mol. The summed E-state index contributed by atoms with van der Waals surface area (Å²) < 4.78 is 5.72. The van der Waals surface area contributed by atoms with Gasteiger partial charge in [-0.15, -0.1) is 0 Å². The molecule has 2 aromatic heterocycles. The number of aromatic nitrogens is 2. The molecule has 1 atom stereocenters. The number of hydrogen-bond donors (Lipinski definition) is 0. The van der Waals surface area contributed by atoms with E-state index in [-0.39, 0.29) is 11.3 Å². The smallest absolute Gasteiger partial charge is 0.274 e. The highest BCUT2D eigenvalue weighted by atomic mass is 16.3. The van der Waals surface area contributed by atoms with Crippen LogP contribution < -0.4 is 0 Å². The van der Waals surface area contributed by atoms with Crippen LogP contribution in [0.4, 0.5) is 0 Å². The van der Waals surface area contributed by atoms with E-state index in [0.717, 1.165) is 57.1 Å². The minimum atomic E-state index is 0.00674. The maximum Gasteiger partial charge on any atom is 0.274 e. The molecule has 0 unspecified atom stereocenters. The van der Waals surface area contributed by atoms with Gasteiger partial charge in [0.25, 0.3) is 5.91 Å². The summed E-state index contributed by atoms with van der Waals surface area (Å²) in [5.41, 5.74) is 0.651. The molecule has 0 saturated carbocycles. The summed E-state index contributed by atoms with van der Waals surface area (Å²) in [5, 5.41) is 0. The van der Waals surface area contributed by atoms with Gasteiger partial charge in [0.1, 0.15) is 17.2 Å². The van der Waals surface area contributed by atoms with E-state index >= 15 is 0 Å². The van der Waals surface area contributed by atoms with Gasteiger partial charge in [0, 0.05) is 37.4 Å². The third kappa shape index (κ3) is 3.44. The highest BCUT2D eigenvalue weighted by molar-refractivity contribution is 5.92. The molecule has 25 heavy (non-hydrogen) atoms. The van der Waals surface area contributed by atoms with E-state index in [1.165, 1.54) is 6.42 Å². The standard InChI is InChI=1S/C19H24N4O2/c1-15-3-4-16(25-15)12-22-10-6-19(13-22)5-2-9-23(14-19)18(24)17-11-20-7-8-21-17/h3-4,7-8,11H,2,5-6,9-10,12-14H2,1H3/t19-/m1/s1. The van der Waals surface area contributed by atoms with Crippen LogP contribution in [0.3, 0.4) is 0 Å². The lowest BCUT2D eigenvalue weighted by molar-refractivity contribution is 0.0519. The molecule has 2 fully saturated rings. The molecule has 0 radical (unpaired) electrons. The van der Waals surface area contributed by atoms with E-state index in [9.17, 15) is 4.79 Å². The summed E-state index contributed by atoms with van der Waals surface area (Å²) in [6.45, 7) is 6.55. The molecule has 0 N–H and O–H groups in total. The van der Waals surface area contributed by atoms with Crippen molar-refractivity contribution in [2.75, 3.05) is 26.2 Å². The zero-order valence-electron chi connectivity index (χ0n) is 14.6. The van der Waals surface area contributed by atoms with Gasteiger partial charge in [-0.3, -0.25) is 14.7 Å². The molecule has 4 heterocycles. The first-order valence-electron chi connectivity index (χ1n) is 8.97. The Morgan fingerprint density at radius 3 is 2.92 bits per heavy atom. The molecule has 2 saturated heterocycles. The first-order chi connectivity index (χ1) is 12.1. The van der Waals surface area contributed by atoms with E-state index in [1.54, 1.807) is 18.6 Å². The number of likely N-dealkylation sites (tertiary alicyclic amines) is 2. The Balaban J connectivity index is 1.41. The van der Waals surface area contributed by atoms with Crippen LogP contribution >= 0.6 is 0 Å². The molecule has 2 aliphatic heterocycles. The Bertz CT molecular complexity index is 745. The number of furan rings is 1. The van der Waals surface area contributed by atoms with E-state index < -0.39 is 0 Å². The van der Waals surface area contributed by atoms with Crippen molar-refractivity contribution < 1.29 is 9.21 Å². The Labute approximate surface area is 147 Å². The van der Waals surface area contributed by atoms with E-state index in [0.29, 0.717) is 5.69 Å². The van der Waals surface area contributed by atoms with Crippen LogP contribution in [0.1, 0.15) is 41.3 Å². The fourth-order valence-corrected chi connectivity index (χ4v) is 4.24. The lowest BCUT2D eigenvalue weighted by Crippen LogP contribution is -2.47. The Kier molecular flexibility index (Phi) is 4.29. The maximum atomic E-state index is 12.7. The number of nitrogens with zero attached hydrogens (tertiary/aromatic N) is 4. The SMILES string of the molecule is Cc1ccc(CN2CC[C@]3(CCCN(C(=O)c4cnccn4)C3)C2)o1. The molecular formula is C19H24N4O2. The van der Waals surface area contributed by atoms with E-state index in [2.05, 4.69) is 20.9 Å². The van der Waals surface area contributed by atoms with Gasteiger partial charge >= 0.3 is 0 Å². The number of aryl methyl sites for hydroxylation is 1. The lowest BCUT2D eigenvalue weighted by Gasteiger charge is -2.40. The predicted molar refractivity (Wildman–Crippen MR) is 92.9 cm³/mol. The highest BCUT2D eigenvalue weighted by Crippen LogP contribution is 2.39. The number of hydrogen-bond acceptors (Lipinski definition) is 5. The van der Waals surface area contributed by atoms with Crippen LogP contribution in [0.2, 0.25) is 0 Å². The second kappa shape index (κ2) is 6.59. The number of carbonyl (C=O) groups excluding carboxylic acids is 1. The van der Waals surface area contributed by atoms with Crippen LogP contribution in [-0.2, 0) is 6.54 Å². The van der Waals surface area contributed by atoms with Gasteiger partial charge in [0.15, 0.2) is 0 Å². The van der Waals surface area contributed by atoms with Crippen LogP contribution in [0.25, 0.3) is 0 Å². The molecule has 0 aliphatic carbocycles. The largest absolute Gasteiger partial charge is 0.465 e. The quantitative estimate of drug-likeness (QED) is 0.859. The molecule has 4 rings (SSSR count). The van der Waals surface area contributed by atoms with Gasteiger partial charge < -0.3 is 9.32 Å². The summed E-state index contributed by atoms with van der Waals surface area (Å²) >= 11 is 0. The van der Waals surface area contributed by atoms with Crippen LogP contribution in [0.5, 0.6) is 0 Å². The van der Waals surface area contributed by atoms with Crippen molar-refractivity contribution in [1.82, 2.24) is 19.8 Å². The number of rotatable bonds is 3. The van der Waals surface area contributed by atoms with Gasteiger partial charge in [0.05, 0.1) is 12.7 Å². The normalized spacial score (nSPS) is 24.1. The summed E-state index contributed by atoms with van der Waals surface area (Å²) in [7, 11) is 0. The zero-order valence-corrected chi connectivity index (χ0v) is 14.6. The van der Waals surface area contributed by atoms with Gasteiger partial charge in [-0.05, 0) is 44.9 Å². The minimum Gasteiger partial charge on any atom is -0.465 e. The molecule has 2 aromatic rings. The molecule has 0 aromatic carbocycles. The fraction of sp³-hybridized carbons (Fsp3) is 0.526. The molecule has 2 aliphatic rings. The topological polar surface area (TPSA) is 62.5 Å². The lowest BCUT2D eigenvalue weighted by atomic mass is 9.79. The van der Waals surface area contributed by atoms with Crippen LogP contribution in [0, 0.1) is 12.3 Å². The van der Waals surface area contributed by atoms with Crippen LogP contribution in [-0.4, -0.2) is 51.9 Å². The molecular weight excluding hydrogens is 316 g/mol. The molecule has 0 bridgehead atoms. The average Bonchev–Trinajstić information content (AvgIpc) is 3.21. The van der Waals surface area contributed by atoms with Crippen molar-refractivity contribution in [3.05, 3.63) is 47.9 Å². The zero-order chi connectivity index (χ0) is 17.3. The molecule has 1 amide bonds. The third-order valence-corrected chi connectivity index (χ3v) is 5.42. The highest BCUT2D eigenvalue weighted by Gasteiger charge is 2.42. The average molecular weight is 340 g/mol. The molecule has 6 heteroatoms. The van der Waals surface area contributed by atoms with E-state index in [4.69, 9.17) is 4.42 Å². The molecule has 132 valence electrons. The Morgan fingerprint density at radius 2 is 2.16 bits per heavy atom. The van der Waals surface area contributed by atoms with Gasteiger partial charge in [-0.1, -0.05) is 0 Å². The first kappa shape index (κ1) is 16.3. The molecule has 6 nitrogen and oxygen atoms in total. The van der Waals surface area contributed by atoms with Crippen molar-refractivity contribution in [3.8, 4) is 0 Å². The Hall–Kier alpha value is -2.21. The second-order valence-electron chi connectivity index (χ2n) is 7.39. The number of amides is 1. The summed E-state index contributed by atoms with van der Waals surface area (Å²) in [6, 6.07) is 4.08. The van der Waals surface area contributed by atoms with Crippen molar-refractivity contribution in [2.45, 2.75) is 32.7 Å². The second-order valence-corrected chi connectivity index (χ2v) is 7.39. The predicted octanol–water partition coefficient (Wildman–Crippen LogP) is 2.51. The van der Waals surface area contributed by atoms with Gasteiger partial charge in [-0.2, -0.15) is 0 Å². The van der Waals surface area contributed by atoms with E-state index in [1.807, 2.05) is 17.9 Å². The molecule has 1 spiro atoms. The van der Waals surface area contributed by atoms with Crippen molar-refractivity contribution in [1.29, 1.82) is 0 Å². The van der Waals surface area contributed by atoms with Crippen molar-refractivity contribution in [3.63, 3.8) is 0 Å². The third-order valence-electron chi connectivity index (χ3n) is 5.42. The summed E-state index contributed by atoms with van der Waals surface area (Å²) in [5.74, 6) is 1.99. The number of piperidine rings is 1. The summed E-state index contributed by atoms with van der Waals surface area (Å²) in [6.07, 6.45) is 8.11. The van der Waals surface area contributed by atoms with Crippen LogP contribution in [0.15, 0.2) is 35.1 Å². The Morgan fingerprint density at radius 1 is 1.24 bits per heavy atom. The fourth-order valence-electron chi connectivity index (χ4n) is 4.24. The van der Waals surface area contributed by atoms with Gasteiger partial charge in [0.2, 0.25) is 0 Å². The van der Waals surface area contributed by atoms with Crippen molar-refractivity contribution in [2.24, 2.45) is 5.41 Å². The van der Waals surface area contributed by atoms with Crippen molar-refractivity contribution >= 4 is 5.91 Å². The minimum absolute atomic E-state index is 0.00674. The maximum absolute atomic E-state index is 12.7. The number of carbonyl (C=O) groups is 1. The summed E-state index contributed by atoms with van der Waals surface area (Å²) in [4.78, 5) is 25.3. The first-order valence-corrected chi connectivity index (χ1v) is 8.97. The van der Waals surface area contributed by atoms with Gasteiger partial charge in [-0.25, -0.2) is 4.98 Å².